The van der Waals surface area contributed by atoms with E-state index in [9.17, 15) is 0 Å². The predicted octanol–water partition coefficient (Wildman–Crippen LogP) is 3.82. The Balaban J connectivity index is 2.89. The Morgan fingerprint density at radius 2 is 1.90 bits per heavy atom. The molecule has 0 aromatic rings. The highest BCUT2D eigenvalue weighted by Crippen LogP contribution is 2.12. The van der Waals surface area contributed by atoms with Gasteiger partial charge in [0.25, 0.3) is 0 Å². The van der Waals surface area contributed by atoms with E-state index in [1.807, 2.05) is 0 Å². The summed E-state index contributed by atoms with van der Waals surface area (Å²) >= 11 is 0. The van der Waals surface area contributed by atoms with E-state index < -0.39 is 0 Å². The topological polar surface area (TPSA) is 0 Å². The molecule has 0 saturated heterocycles. The van der Waals surface area contributed by atoms with Crippen LogP contribution in [0.15, 0.2) is 0 Å². The highest BCUT2D eigenvalue weighted by atomic mass is 14.0. The SMILES string of the molecule is [CH2]CC(C)CCCCCC. The number of rotatable bonds is 6. The molecule has 0 aliphatic carbocycles. The van der Waals surface area contributed by atoms with Gasteiger partial charge in [-0.3, -0.25) is 0 Å². The quantitative estimate of drug-likeness (QED) is 0.493. The minimum absolute atomic E-state index is 0.844. The molecule has 0 aliphatic heterocycles. The molecule has 0 nitrogen and oxygen atoms in total. The van der Waals surface area contributed by atoms with Crippen LogP contribution in [-0.2, 0) is 0 Å². The zero-order valence-electron chi connectivity index (χ0n) is 7.53. The lowest BCUT2D eigenvalue weighted by Gasteiger charge is -2.06. The van der Waals surface area contributed by atoms with Gasteiger partial charge in [-0.1, -0.05) is 59.3 Å². The van der Waals surface area contributed by atoms with Crippen molar-refractivity contribution in [2.45, 2.75) is 52.4 Å². The second kappa shape index (κ2) is 7.11. The average Bonchev–Trinajstić information content (AvgIpc) is 1.98. The normalized spacial score (nSPS) is 13.5. The van der Waals surface area contributed by atoms with Crippen LogP contribution in [0.5, 0.6) is 0 Å². The molecule has 0 bridgehead atoms. The highest BCUT2D eigenvalue weighted by molar-refractivity contribution is 4.54. The van der Waals surface area contributed by atoms with Gasteiger partial charge >= 0.3 is 0 Å². The van der Waals surface area contributed by atoms with Gasteiger partial charge in [0.1, 0.15) is 0 Å². The lowest BCUT2D eigenvalue weighted by atomic mass is 10.0. The van der Waals surface area contributed by atoms with Crippen LogP contribution in [0.1, 0.15) is 52.4 Å². The molecule has 0 aliphatic rings. The zero-order chi connectivity index (χ0) is 7.82. The molecule has 0 amide bonds. The van der Waals surface area contributed by atoms with Gasteiger partial charge < -0.3 is 0 Å². The third kappa shape index (κ3) is 6.12. The molecule has 1 unspecified atom stereocenters. The molecule has 10 heavy (non-hydrogen) atoms. The Kier molecular flexibility index (Phi) is 7.11. The molecule has 1 atom stereocenters. The summed E-state index contributed by atoms with van der Waals surface area (Å²) in [5, 5.41) is 0. The maximum atomic E-state index is 3.88. The molecule has 0 aromatic carbocycles. The fraction of sp³-hybridized carbons (Fsp3) is 0.900. The van der Waals surface area contributed by atoms with Gasteiger partial charge in [-0.15, -0.1) is 0 Å². The van der Waals surface area contributed by atoms with Crippen molar-refractivity contribution in [1.29, 1.82) is 0 Å². The second-order valence-corrected chi connectivity index (χ2v) is 3.24. The van der Waals surface area contributed by atoms with Crippen molar-refractivity contribution < 1.29 is 0 Å². The van der Waals surface area contributed by atoms with E-state index in [0.717, 1.165) is 12.3 Å². The van der Waals surface area contributed by atoms with Crippen LogP contribution >= 0.6 is 0 Å². The van der Waals surface area contributed by atoms with Gasteiger partial charge in [0.2, 0.25) is 0 Å². The Morgan fingerprint density at radius 3 is 2.40 bits per heavy atom. The first-order chi connectivity index (χ1) is 4.81. The van der Waals surface area contributed by atoms with Crippen molar-refractivity contribution >= 4 is 0 Å². The predicted molar refractivity (Wildman–Crippen MR) is 47.9 cm³/mol. The summed E-state index contributed by atoms with van der Waals surface area (Å²) in [5.41, 5.74) is 0. The first kappa shape index (κ1) is 10.0. The fourth-order valence-electron chi connectivity index (χ4n) is 1.06. The van der Waals surface area contributed by atoms with E-state index >= 15 is 0 Å². The molecular formula is C10H21. The molecule has 0 saturated carbocycles. The van der Waals surface area contributed by atoms with Gasteiger partial charge in [-0.2, -0.15) is 0 Å². The fourth-order valence-corrected chi connectivity index (χ4v) is 1.06. The summed E-state index contributed by atoms with van der Waals surface area (Å²) in [7, 11) is 0. The minimum Gasteiger partial charge on any atom is -0.0654 e. The van der Waals surface area contributed by atoms with Gasteiger partial charge in [-0.25, -0.2) is 0 Å². The van der Waals surface area contributed by atoms with Crippen LogP contribution in [-0.4, -0.2) is 0 Å². The van der Waals surface area contributed by atoms with Crippen LogP contribution in [0.3, 0.4) is 0 Å². The lowest BCUT2D eigenvalue weighted by Crippen LogP contribution is -1.91. The Morgan fingerprint density at radius 1 is 1.20 bits per heavy atom. The standard InChI is InChI=1S/C10H21/c1-4-6-7-8-9-10(3)5-2/h10H,2,4-9H2,1,3H3. The third-order valence-electron chi connectivity index (χ3n) is 2.04. The maximum Gasteiger partial charge on any atom is -0.0443 e. The largest absolute Gasteiger partial charge is 0.0654 e. The van der Waals surface area contributed by atoms with E-state index in [1.54, 1.807) is 0 Å². The lowest BCUT2D eigenvalue weighted by molar-refractivity contribution is 0.493. The Hall–Kier alpha value is 0. The zero-order valence-corrected chi connectivity index (χ0v) is 7.53. The van der Waals surface area contributed by atoms with Gasteiger partial charge in [-0.05, 0) is 5.92 Å². The van der Waals surface area contributed by atoms with Crippen LogP contribution < -0.4 is 0 Å². The molecule has 0 rings (SSSR count). The van der Waals surface area contributed by atoms with Crippen molar-refractivity contribution in [2.75, 3.05) is 0 Å². The minimum atomic E-state index is 0.844. The smallest absolute Gasteiger partial charge is 0.0443 e. The van der Waals surface area contributed by atoms with Crippen molar-refractivity contribution in [2.24, 2.45) is 5.92 Å². The molecule has 61 valence electrons. The molecule has 0 heteroatoms. The summed E-state index contributed by atoms with van der Waals surface area (Å²) in [6.45, 7) is 8.43. The van der Waals surface area contributed by atoms with Crippen molar-refractivity contribution in [1.82, 2.24) is 0 Å². The van der Waals surface area contributed by atoms with Gasteiger partial charge in [0, 0.05) is 0 Å². The molecule has 1 radical (unpaired) electrons. The third-order valence-corrected chi connectivity index (χ3v) is 2.04. The van der Waals surface area contributed by atoms with E-state index in [0.29, 0.717) is 0 Å². The first-order valence-electron chi connectivity index (χ1n) is 4.60. The van der Waals surface area contributed by atoms with E-state index in [4.69, 9.17) is 0 Å². The average molecular weight is 141 g/mol. The first-order valence-corrected chi connectivity index (χ1v) is 4.60. The monoisotopic (exact) mass is 141 g/mol. The van der Waals surface area contributed by atoms with Crippen LogP contribution in [0.2, 0.25) is 0 Å². The van der Waals surface area contributed by atoms with E-state index in [-0.39, 0.29) is 0 Å². The van der Waals surface area contributed by atoms with Crippen molar-refractivity contribution in [3.05, 3.63) is 6.92 Å². The summed E-state index contributed by atoms with van der Waals surface area (Å²) in [6.07, 6.45) is 8.06. The Bertz CT molecular complexity index is 57.1. The summed E-state index contributed by atoms with van der Waals surface area (Å²) in [4.78, 5) is 0. The summed E-state index contributed by atoms with van der Waals surface area (Å²) in [6, 6.07) is 0. The number of hydrogen-bond donors (Lipinski definition) is 0. The van der Waals surface area contributed by atoms with Gasteiger partial charge in [0.15, 0.2) is 0 Å². The Labute approximate surface area is 66.0 Å². The van der Waals surface area contributed by atoms with Gasteiger partial charge in [0.05, 0.1) is 0 Å². The van der Waals surface area contributed by atoms with E-state index in [1.165, 1.54) is 32.1 Å². The maximum absolute atomic E-state index is 3.88. The number of unbranched alkanes of at least 4 members (excludes halogenated alkanes) is 3. The molecule has 0 fully saturated rings. The van der Waals surface area contributed by atoms with E-state index in [2.05, 4.69) is 20.8 Å². The van der Waals surface area contributed by atoms with Crippen LogP contribution in [0.4, 0.5) is 0 Å². The molecule has 0 heterocycles. The molecule has 0 N–H and O–H groups in total. The van der Waals surface area contributed by atoms with Crippen LogP contribution in [0.25, 0.3) is 0 Å². The second-order valence-electron chi connectivity index (χ2n) is 3.24. The summed E-state index contributed by atoms with van der Waals surface area (Å²) in [5.74, 6) is 0.844. The molecule has 0 aromatic heterocycles. The number of hydrogen-bond acceptors (Lipinski definition) is 0. The van der Waals surface area contributed by atoms with Crippen LogP contribution in [0, 0.1) is 12.8 Å². The van der Waals surface area contributed by atoms with Crippen molar-refractivity contribution in [3.8, 4) is 0 Å². The molecular weight excluding hydrogens is 120 g/mol. The summed E-state index contributed by atoms with van der Waals surface area (Å²) < 4.78 is 0. The molecule has 0 spiro atoms. The highest BCUT2D eigenvalue weighted by Gasteiger charge is 1.96. The van der Waals surface area contributed by atoms with Crippen molar-refractivity contribution in [3.63, 3.8) is 0 Å².